The van der Waals surface area contributed by atoms with E-state index in [0.717, 1.165) is 5.56 Å². The van der Waals surface area contributed by atoms with Crippen molar-refractivity contribution in [3.8, 4) is 0 Å². The van der Waals surface area contributed by atoms with Crippen LogP contribution in [0.4, 0.5) is 5.95 Å². The number of aromatic amines is 1. The summed E-state index contributed by atoms with van der Waals surface area (Å²) in [6.45, 7) is 4.28. The molecule has 0 saturated carbocycles. The van der Waals surface area contributed by atoms with Gasteiger partial charge in [0.05, 0.1) is 10.6 Å². The fourth-order valence-corrected chi connectivity index (χ4v) is 2.03. The van der Waals surface area contributed by atoms with Crippen LogP contribution in [0, 0.1) is 5.92 Å². The molecule has 118 valence electrons. The molecule has 2 aromatic rings. The van der Waals surface area contributed by atoms with Gasteiger partial charge < -0.3 is 10.1 Å². The average Bonchev–Trinajstić information content (AvgIpc) is 2.98. The second kappa shape index (κ2) is 7.40. The van der Waals surface area contributed by atoms with Crippen LogP contribution >= 0.6 is 11.6 Å². The van der Waals surface area contributed by atoms with Crippen molar-refractivity contribution in [3.05, 3.63) is 46.7 Å². The van der Waals surface area contributed by atoms with Gasteiger partial charge in [0.15, 0.2) is 0 Å². The normalized spacial score (nSPS) is 12.4. The lowest BCUT2D eigenvalue weighted by Gasteiger charge is -2.16. The first-order valence-electron chi connectivity index (χ1n) is 6.98. The van der Waals surface area contributed by atoms with E-state index >= 15 is 0 Å². The predicted octanol–water partition coefficient (Wildman–Crippen LogP) is 2.38. The molecule has 1 aromatic heterocycles. The fraction of sp³-hybridized carbons (Fsp3) is 0.333. The first-order valence-corrected chi connectivity index (χ1v) is 7.35. The molecule has 0 aliphatic rings. The van der Waals surface area contributed by atoms with Gasteiger partial charge in [-0.1, -0.05) is 31.5 Å². The third kappa shape index (κ3) is 4.30. The SMILES string of the molecule is CC(C)C(O)NCc1ccc(Cl)c(C(=O)Nc2ncc[nH]2)c1. The first-order chi connectivity index (χ1) is 10.5. The van der Waals surface area contributed by atoms with Crippen LogP contribution in [-0.4, -0.2) is 27.2 Å². The van der Waals surface area contributed by atoms with Gasteiger partial charge in [-0.05, 0) is 23.6 Å². The summed E-state index contributed by atoms with van der Waals surface area (Å²) in [6, 6.07) is 5.17. The number of anilines is 1. The monoisotopic (exact) mass is 322 g/mol. The summed E-state index contributed by atoms with van der Waals surface area (Å²) < 4.78 is 0. The topological polar surface area (TPSA) is 90.0 Å². The highest BCUT2D eigenvalue weighted by Gasteiger charge is 2.13. The molecule has 0 spiro atoms. The smallest absolute Gasteiger partial charge is 0.259 e. The summed E-state index contributed by atoms with van der Waals surface area (Å²) in [5, 5.41) is 15.7. The quantitative estimate of drug-likeness (QED) is 0.615. The number of carbonyl (C=O) groups excluding carboxylic acids is 1. The van der Waals surface area contributed by atoms with Gasteiger partial charge in [-0.25, -0.2) is 4.98 Å². The predicted molar refractivity (Wildman–Crippen MR) is 85.7 cm³/mol. The molecule has 1 atom stereocenters. The summed E-state index contributed by atoms with van der Waals surface area (Å²) in [5.74, 6) is 0.125. The maximum Gasteiger partial charge on any atom is 0.259 e. The van der Waals surface area contributed by atoms with Crippen molar-refractivity contribution in [2.45, 2.75) is 26.6 Å². The largest absolute Gasteiger partial charge is 0.378 e. The number of imidazole rings is 1. The lowest BCUT2D eigenvalue weighted by atomic mass is 10.1. The summed E-state index contributed by atoms with van der Waals surface area (Å²) in [6.07, 6.45) is 2.56. The number of nitrogens with zero attached hydrogens (tertiary/aromatic N) is 1. The van der Waals surface area contributed by atoms with Crippen molar-refractivity contribution in [1.29, 1.82) is 0 Å². The number of amides is 1. The zero-order valence-corrected chi connectivity index (χ0v) is 13.2. The molecular formula is C15H19ClN4O2. The van der Waals surface area contributed by atoms with Gasteiger partial charge in [-0.15, -0.1) is 0 Å². The summed E-state index contributed by atoms with van der Waals surface area (Å²) in [7, 11) is 0. The molecule has 1 heterocycles. The Hall–Kier alpha value is -1.89. The molecule has 0 fully saturated rings. The van der Waals surface area contributed by atoms with Crippen molar-refractivity contribution in [1.82, 2.24) is 15.3 Å². The number of aliphatic hydroxyl groups excluding tert-OH is 1. The van der Waals surface area contributed by atoms with E-state index in [2.05, 4.69) is 20.6 Å². The number of H-pyrrole nitrogens is 1. The highest BCUT2D eigenvalue weighted by Crippen LogP contribution is 2.19. The maximum atomic E-state index is 12.2. The third-order valence-electron chi connectivity index (χ3n) is 3.15. The van der Waals surface area contributed by atoms with Crippen molar-refractivity contribution in [3.63, 3.8) is 0 Å². The molecule has 0 saturated heterocycles. The van der Waals surface area contributed by atoms with E-state index in [9.17, 15) is 9.90 Å². The van der Waals surface area contributed by atoms with E-state index in [1.165, 1.54) is 0 Å². The minimum Gasteiger partial charge on any atom is -0.378 e. The third-order valence-corrected chi connectivity index (χ3v) is 3.48. The van der Waals surface area contributed by atoms with Crippen molar-refractivity contribution in [2.75, 3.05) is 5.32 Å². The number of nitrogens with one attached hydrogen (secondary N) is 3. The molecule has 7 heteroatoms. The minimum atomic E-state index is -0.601. The van der Waals surface area contributed by atoms with E-state index in [-0.39, 0.29) is 11.8 Å². The van der Waals surface area contributed by atoms with Crippen LogP contribution in [0.5, 0.6) is 0 Å². The number of hydrogen-bond donors (Lipinski definition) is 4. The van der Waals surface area contributed by atoms with Gasteiger partial charge in [0, 0.05) is 18.9 Å². The average molecular weight is 323 g/mol. The highest BCUT2D eigenvalue weighted by molar-refractivity contribution is 6.34. The van der Waals surface area contributed by atoms with Crippen LogP contribution in [0.25, 0.3) is 0 Å². The van der Waals surface area contributed by atoms with Crippen LogP contribution in [0.15, 0.2) is 30.6 Å². The number of carbonyl (C=O) groups is 1. The molecule has 1 aromatic carbocycles. The number of rotatable bonds is 6. The molecule has 2 rings (SSSR count). The van der Waals surface area contributed by atoms with Gasteiger partial charge in [-0.2, -0.15) is 0 Å². The Bertz CT molecular complexity index is 628. The Balaban J connectivity index is 2.07. The highest BCUT2D eigenvalue weighted by atomic mass is 35.5. The maximum absolute atomic E-state index is 12.2. The lowest BCUT2D eigenvalue weighted by Crippen LogP contribution is -2.32. The molecule has 1 amide bonds. The minimum absolute atomic E-state index is 0.106. The Morgan fingerprint density at radius 1 is 1.45 bits per heavy atom. The zero-order chi connectivity index (χ0) is 16.1. The Morgan fingerprint density at radius 3 is 2.86 bits per heavy atom. The number of benzene rings is 1. The number of halogens is 1. The van der Waals surface area contributed by atoms with Crippen LogP contribution in [-0.2, 0) is 6.54 Å². The van der Waals surface area contributed by atoms with Crippen molar-refractivity contribution < 1.29 is 9.90 Å². The van der Waals surface area contributed by atoms with E-state index in [0.29, 0.717) is 23.1 Å². The van der Waals surface area contributed by atoms with Gasteiger partial charge in [0.1, 0.15) is 6.23 Å². The Morgan fingerprint density at radius 2 is 2.23 bits per heavy atom. The molecule has 1 unspecified atom stereocenters. The summed E-state index contributed by atoms with van der Waals surface area (Å²) in [5.41, 5.74) is 1.21. The van der Waals surface area contributed by atoms with Crippen molar-refractivity contribution >= 4 is 23.5 Å². The Kier molecular flexibility index (Phi) is 5.54. The second-order valence-electron chi connectivity index (χ2n) is 5.28. The number of aromatic nitrogens is 2. The summed E-state index contributed by atoms with van der Waals surface area (Å²) >= 11 is 6.08. The van der Waals surface area contributed by atoms with Crippen LogP contribution < -0.4 is 10.6 Å². The zero-order valence-electron chi connectivity index (χ0n) is 12.4. The molecule has 0 aliphatic carbocycles. The van der Waals surface area contributed by atoms with Crippen molar-refractivity contribution in [2.24, 2.45) is 5.92 Å². The molecule has 6 nitrogen and oxygen atoms in total. The molecule has 0 radical (unpaired) electrons. The Labute approximate surface area is 133 Å². The van der Waals surface area contributed by atoms with Crippen LogP contribution in [0.3, 0.4) is 0 Å². The van der Waals surface area contributed by atoms with Gasteiger partial charge >= 0.3 is 0 Å². The molecule has 4 N–H and O–H groups in total. The first kappa shape index (κ1) is 16.5. The number of hydrogen-bond acceptors (Lipinski definition) is 4. The van der Waals surface area contributed by atoms with E-state index in [4.69, 9.17) is 11.6 Å². The molecule has 0 bridgehead atoms. The lowest BCUT2D eigenvalue weighted by molar-refractivity contribution is 0.0888. The van der Waals surface area contributed by atoms with Crippen LogP contribution in [0.2, 0.25) is 5.02 Å². The van der Waals surface area contributed by atoms with E-state index in [1.54, 1.807) is 24.5 Å². The molecule has 22 heavy (non-hydrogen) atoms. The van der Waals surface area contributed by atoms with Crippen LogP contribution in [0.1, 0.15) is 29.8 Å². The number of aliphatic hydroxyl groups is 1. The van der Waals surface area contributed by atoms with E-state index in [1.807, 2.05) is 19.9 Å². The molecular weight excluding hydrogens is 304 g/mol. The standard InChI is InChI=1S/C15H19ClN4O2/c1-9(2)13(21)19-8-10-3-4-12(16)11(7-10)14(22)20-15-17-5-6-18-15/h3-7,9,13,19,21H,8H2,1-2H3,(H2,17,18,20,22). The summed E-state index contributed by atoms with van der Waals surface area (Å²) in [4.78, 5) is 18.9. The van der Waals surface area contributed by atoms with Gasteiger partial charge in [0.25, 0.3) is 5.91 Å². The van der Waals surface area contributed by atoms with Gasteiger partial charge in [-0.3, -0.25) is 15.4 Å². The fourth-order valence-electron chi connectivity index (χ4n) is 1.82. The molecule has 0 aliphatic heterocycles. The van der Waals surface area contributed by atoms with Gasteiger partial charge in [0.2, 0.25) is 5.95 Å². The second-order valence-corrected chi connectivity index (χ2v) is 5.68. The van der Waals surface area contributed by atoms with E-state index < -0.39 is 6.23 Å².